The standard InChI is InChI=1S/C25H26N6O3/c1-31(2)25(33)18-12-10-17(11-13-18)20-15-27-22(26)21(28-20)24-30-29-23(34-24)19-9-4-3-7-16(19)8-5-6-14-32/h3-4,7,9-13,15,32H,5-6,8,14H2,1-2H3,(H2,26,27). The summed E-state index contributed by atoms with van der Waals surface area (Å²) in [5.74, 6) is 0.638. The highest BCUT2D eigenvalue weighted by atomic mass is 16.4. The summed E-state index contributed by atoms with van der Waals surface area (Å²) in [6, 6.07) is 14.9. The van der Waals surface area contributed by atoms with Gasteiger partial charge in [-0.05, 0) is 43.0 Å². The molecule has 2 heterocycles. The highest BCUT2D eigenvalue weighted by molar-refractivity contribution is 5.94. The minimum atomic E-state index is -0.0781. The summed E-state index contributed by atoms with van der Waals surface area (Å²) in [4.78, 5) is 22.5. The lowest BCUT2D eigenvalue weighted by Gasteiger charge is -2.10. The summed E-state index contributed by atoms with van der Waals surface area (Å²) < 4.78 is 5.95. The summed E-state index contributed by atoms with van der Waals surface area (Å²) in [6.45, 7) is 0.163. The van der Waals surface area contributed by atoms with Gasteiger partial charge in [0.15, 0.2) is 11.5 Å². The number of benzene rings is 2. The number of aliphatic hydroxyl groups is 1. The van der Waals surface area contributed by atoms with Crippen molar-refractivity contribution in [2.45, 2.75) is 19.3 Å². The molecule has 0 spiro atoms. The number of unbranched alkanes of at least 4 members (excludes halogenated alkanes) is 1. The van der Waals surface area contributed by atoms with Gasteiger partial charge in [0.2, 0.25) is 5.89 Å². The first kappa shape index (κ1) is 23.1. The lowest BCUT2D eigenvalue weighted by atomic mass is 10.0. The van der Waals surface area contributed by atoms with Gasteiger partial charge in [-0.2, -0.15) is 0 Å². The molecule has 0 saturated heterocycles. The van der Waals surface area contributed by atoms with E-state index >= 15 is 0 Å². The zero-order chi connectivity index (χ0) is 24.1. The molecule has 0 unspecified atom stereocenters. The van der Waals surface area contributed by atoms with E-state index < -0.39 is 0 Å². The van der Waals surface area contributed by atoms with Gasteiger partial charge in [0.1, 0.15) is 0 Å². The highest BCUT2D eigenvalue weighted by Gasteiger charge is 2.18. The topological polar surface area (TPSA) is 131 Å². The van der Waals surface area contributed by atoms with E-state index in [0.29, 0.717) is 22.8 Å². The molecule has 3 N–H and O–H groups in total. The molecule has 4 aromatic rings. The molecule has 0 radical (unpaired) electrons. The van der Waals surface area contributed by atoms with Crippen LogP contribution in [0.1, 0.15) is 28.8 Å². The van der Waals surface area contributed by atoms with E-state index in [1.807, 2.05) is 36.4 Å². The van der Waals surface area contributed by atoms with Crippen LogP contribution in [0.2, 0.25) is 0 Å². The van der Waals surface area contributed by atoms with Crippen LogP contribution in [0.15, 0.2) is 59.1 Å². The van der Waals surface area contributed by atoms with Crippen LogP contribution in [0.3, 0.4) is 0 Å². The number of nitrogens with zero attached hydrogens (tertiary/aromatic N) is 5. The van der Waals surface area contributed by atoms with Gasteiger partial charge < -0.3 is 20.2 Å². The molecule has 0 bridgehead atoms. The monoisotopic (exact) mass is 458 g/mol. The number of nitrogens with two attached hydrogens (primary N) is 1. The van der Waals surface area contributed by atoms with Crippen molar-refractivity contribution in [2.75, 3.05) is 26.4 Å². The average molecular weight is 459 g/mol. The maximum absolute atomic E-state index is 12.1. The first-order chi connectivity index (χ1) is 16.5. The van der Waals surface area contributed by atoms with Gasteiger partial charge in [-0.25, -0.2) is 9.97 Å². The van der Waals surface area contributed by atoms with Gasteiger partial charge in [-0.3, -0.25) is 4.79 Å². The zero-order valence-corrected chi connectivity index (χ0v) is 19.1. The van der Waals surface area contributed by atoms with Gasteiger partial charge in [-0.15, -0.1) is 10.2 Å². The van der Waals surface area contributed by atoms with Crippen LogP contribution < -0.4 is 5.73 Å². The fourth-order valence-corrected chi connectivity index (χ4v) is 3.54. The quantitative estimate of drug-likeness (QED) is 0.384. The second kappa shape index (κ2) is 10.2. The maximum atomic E-state index is 12.1. The molecule has 9 heteroatoms. The molecule has 2 aromatic carbocycles. The second-order valence-electron chi connectivity index (χ2n) is 8.02. The SMILES string of the molecule is CN(C)C(=O)c1ccc(-c2cnc(N)c(-c3nnc(-c4ccccc4CCCCO)o3)n2)cc1. The number of anilines is 1. The Bertz CT molecular complexity index is 1280. The van der Waals surface area contributed by atoms with Crippen LogP contribution >= 0.6 is 0 Å². The number of rotatable bonds is 8. The maximum Gasteiger partial charge on any atom is 0.270 e. The Kier molecular flexibility index (Phi) is 6.93. The van der Waals surface area contributed by atoms with E-state index in [4.69, 9.17) is 15.3 Å². The van der Waals surface area contributed by atoms with Crippen molar-refractivity contribution < 1.29 is 14.3 Å². The summed E-state index contributed by atoms with van der Waals surface area (Å²) in [5.41, 5.74) is 10.2. The molecule has 0 aliphatic carbocycles. The molecular formula is C25H26N6O3. The number of aromatic nitrogens is 4. The van der Waals surface area contributed by atoms with Gasteiger partial charge in [0, 0.05) is 37.4 Å². The first-order valence-corrected chi connectivity index (χ1v) is 11.0. The molecule has 0 fully saturated rings. The number of hydrogen-bond donors (Lipinski definition) is 2. The van der Waals surface area contributed by atoms with Crippen LogP contribution in [0.5, 0.6) is 0 Å². The van der Waals surface area contributed by atoms with Crippen molar-refractivity contribution in [1.82, 2.24) is 25.1 Å². The van der Waals surface area contributed by atoms with Crippen molar-refractivity contribution >= 4 is 11.7 Å². The smallest absolute Gasteiger partial charge is 0.270 e. The van der Waals surface area contributed by atoms with E-state index in [9.17, 15) is 4.79 Å². The highest BCUT2D eigenvalue weighted by Crippen LogP contribution is 2.30. The molecule has 2 aromatic heterocycles. The molecule has 0 atom stereocenters. The normalized spacial score (nSPS) is 10.9. The van der Waals surface area contributed by atoms with E-state index in [-0.39, 0.29) is 24.2 Å². The molecule has 1 amide bonds. The summed E-state index contributed by atoms with van der Waals surface area (Å²) in [5, 5.41) is 17.4. The predicted molar refractivity (Wildman–Crippen MR) is 129 cm³/mol. The van der Waals surface area contributed by atoms with Crippen molar-refractivity contribution in [2.24, 2.45) is 0 Å². The largest absolute Gasteiger partial charge is 0.414 e. The van der Waals surface area contributed by atoms with Gasteiger partial charge >= 0.3 is 0 Å². The third-order valence-corrected chi connectivity index (χ3v) is 5.36. The van der Waals surface area contributed by atoms with Crippen molar-refractivity contribution in [3.63, 3.8) is 0 Å². The Morgan fingerprint density at radius 1 is 1.03 bits per heavy atom. The molecular weight excluding hydrogens is 432 g/mol. The minimum Gasteiger partial charge on any atom is -0.414 e. The number of amides is 1. The van der Waals surface area contributed by atoms with E-state index in [0.717, 1.165) is 36.0 Å². The van der Waals surface area contributed by atoms with Crippen molar-refractivity contribution in [3.05, 3.63) is 65.9 Å². The lowest BCUT2D eigenvalue weighted by Crippen LogP contribution is -2.21. The Hall–Kier alpha value is -4.11. The number of carbonyl (C=O) groups excluding carboxylic acids is 1. The molecule has 34 heavy (non-hydrogen) atoms. The minimum absolute atomic E-state index is 0.0781. The molecule has 9 nitrogen and oxygen atoms in total. The number of carbonyl (C=O) groups is 1. The first-order valence-electron chi connectivity index (χ1n) is 11.0. The third kappa shape index (κ3) is 4.94. The molecule has 0 aliphatic rings. The van der Waals surface area contributed by atoms with Gasteiger partial charge in [-0.1, -0.05) is 30.3 Å². The number of aliphatic hydroxyl groups excluding tert-OH is 1. The van der Waals surface area contributed by atoms with Crippen molar-refractivity contribution in [3.8, 4) is 34.3 Å². The fourth-order valence-electron chi connectivity index (χ4n) is 3.54. The number of aryl methyl sites for hydroxylation is 1. The van der Waals surface area contributed by atoms with Crippen molar-refractivity contribution in [1.29, 1.82) is 0 Å². The summed E-state index contributed by atoms with van der Waals surface area (Å²) in [6.07, 6.45) is 3.94. The summed E-state index contributed by atoms with van der Waals surface area (Å²) in [7, 11) is 3.42. The zero-order valence-electron chi connectivity index (χ0n) is 19.1. The van der Waals surface area contributed by atoms with Crippen LogP contribution in [-0.2, 0) is 6.42 Å². The van der Waals surface area contributed by atoms with Crippen LogP contribution in [-0.4, -0.2) is 56.8 Å². The fraction of sp³-hybridized carbons (Fsp3) is 0.240. The second-order valence-corrected chi connectivity index (χ2v) is 8.02. The van der Waals surface area contributed by atoms with E-state index in [1.165, 1.54) is 4.90 Å². The van der Waals surface area contributed by atoms with Crippen LogP contribution in [0.25, 0.3) is 34.3 Å². The average Bonchev–Trinajstić information content (AvgIpc) is 3.34. The predicted octanol–water partition coefficient (Wildman–Crippen LogP) is 3.46. The molecule has 4 rings (SSSR count). The molecule has 0 saturated carbocycles. The van der Waals surface area contributed by atoms with Gasteiger partial charge in [0.05, 0.1) is 11.9 Å². The third-order valence-electron chi connectivity index (χ3n) is 5.36. The summed E-state index contributed by atoms with van der Waals surface area (Å²) >= 11 is 0. The number of hydrogen-bond acceptors (Lipinski definition) is 8. The lowest BCUT2D eigenvalue weighted by molar-refractivity contribution is 0.0827. The van der Waals surface area contributed by atoms with E-state index in [2.05, 4.69) is 20.2 Å². The Morgan fingerprint density at radius 3 is 2.50 bits per heavy atom. The number of nitrogen functional groups attached to an aromatic ring is 1. The van der Waals surface area contributed by atoms with E-state index in [1.54, 1.807) is 32.4 Å². The van der Waals surface area contributed by atoms with Crippen LogP contribution in [0, 0.1) is 0 Å². The Morgan fingerprint density at radius 2 is 1.76 bits per heavy atom. The Balaban J connectivity index is 1.63. The molecule has 0 aliphatic heterocycles. The van der Waals surface area contributed by atoms with Gasteiger partial charge in [0.25, 0.3) is 11.8 Å². The Labute approximate surface area is 197 Å². The molecule has 174 valence electrons. The van der Waals surface area contributed by atoms with Crippen LogP contribution in [0.4, 0.5) is 5.82 Å².